The van der Waals surface area contributed by atoms with Gasteiger partial charge in [0, 0.05) is 43.5 Å². The maximum absolute atomic E-state index is 13.7. The van der Waals surface area contributed by atoms with Crippen molar-refractivity contribution >= 4 is 5.71 Å². The molecule has 1 fully saturated rings. The lowest BCUT2D eigenvalue weighted by Gasteiger charge is -2.44. The van der Waals surface area contributed by atoms with E-state index >= 15 is 0 Å². The van der Waals surface area contributed by atoms with Gasteiger partial charge in [-0.2, -0.15) is 0 Å². The molecule has 1 saturated heterocycles. The van der Waals surface area contributed by atoms with Crippen molar-refractivity contribution in [1.29, 1.82) is 0 Å². The topological polar surface area (TPSA) is 124 Å². The monoisotopic (exact) mass is 519 g/mol. The minimum Gasteiger partial charge on any atom is -0.394 e. The van der Waals surface area contributed by atoms with E-state index in [2.05, 4.69) is 20.5 Å². The fraction of sp³-hybridized carbons (Fsp3) is 0.417. The molecule has 6 atom stereocenters. The molecule has 2 aliphatic rings. The van der Waals surface area contributed by atoms with Gasteiger partial charge in [-0.25, -0.2) is 17.9 Å². The first kappa shape index (κ1) is 25.3. The van der Waals surface area contributed by atoms with Crippen LogP contribution in [-0.2, 0) is 14.3 Å². The number of aliphatic hydroxyl groups excluding tert-OH is 2. The second-order valence-electron chi connectivity index (χ2n) is 8.86. The third kappa shape index (κ3) is 4.94. The quantitative estimate of drug-likeness (QED) is 0.455. The van der Waals surface area contributed by atoms with Crippen molar-refractivity contribution in [2.75, 3.05) is 13.7 Å². The third-order valence-electron chi connectivity index (χ3n) is 6.57. The highest BCUT2D eigenvalue weighted by molar-refractivity contribution is 6.01. The van der Waals surface area contributed by atoms with Crippen LogP contribution in [0.15, 0.2) is 48.0 Å². The number of pyridine rings is 1. The van der Waals surface area contributed by atoms with E-state index < -0.39 is 54.5 Å². The van der Waals surface area contributed by atoms with E-state index in [4.69, 9.17) is 14.3 Å². The molecule has 1 aromatic carbocycles. The number of benzene rings is 1. The molecule has 2 aromatic heterocycles. The van der Waals surface area contributed by atoms with Crippen molar-refractivity contribution in [2.45, 2.75) is 49.4 Å². The normalized spacial score (nSPS) is 27.7. The summed E-state index contributed by atoms with van der Waals surface area (Å²) in [4.78, 5) is 9.62. The Hall–Kier alpha value is -3.39. The Balaban J connectivity index is 1.37. The molecule has 10 nitrogen and oxygen atoms in total. The summed E-state index contributed by atoms with van der Waals surface area (Å²) in [5, 5.41) is 33.0. The van der Waals surface area contributed by atoms with E-state index in [-0.39, 0.29) is 17.4 Å². The number of halogens is 3. The number of oxime groups is 1. The van der Waals surface area contributed by atoms with Crippen LogP contribution in [0.2, 0.25) is 0 Å². The van der Waals surface area contributed by atoms with Crippen LogP contribution in [0.25, 0.3) is 11.3 Å². The van der Waals surface area contributed by atoms with Crippen LogP contribution in [0.3, 0.4) is 0 Å². The van der Waals surface area contributed by atoms with Crippen molar-refractivity contribution < 1.29 is 37.7 Å². The van der Waals surface area contributed by atoms with E-state index in [0.29, 0.717) is 12.8 Å². The predicted octanol–water partition coefficient (Wildman–Crippen LogP) is 2.02. The molecule has 2 aliphatic heterocycles. The highest BCUT2D eigenvalue weighted by atomic mass is 19.2. The molecule has 37 heavy (non-hydrogen) atoms. The van der Waals surface area contributed by atoms with Crippen LogP contribution in [0.1, 0.15) is 24.4 Å². The highest BCUT2D eigenvalue weighted by Crippen LogP contribution is 2.36. The van der Waals surface area contributed by atoms with Gasteiger partial charge in [0.15, 0.2) is 17.5 Å². The minimum absolute atomic E-state index is 0.0337. The number of aromatic nitrogens is 4. The molecule has 0 saturated carbocycles. The van der Waals surface area contributed by atoms with Gasteiger partial charge < -0.3 is 24.5 Å². The van der Waals surface area contributed by atoms with Gasteiger partial charge in [-0.3, -0.25) is 4.98 Å². The number of hydrogen-bond donors (Lipinski definition) is 2. The Labute approximate surface area is 209 Å². The maximum atomic E-state index is 13.7. The lowest BCUT2D eigenvalue weighted by Crippen LogP contribution is -2.57. The second kappa shape index (κ2) is 10.5. The minimum atomic E-state index is -1.59. The third-order valence-corrected chi connectivity index (χ3v) is 6.57. The first-order valence-corrected chi connectivity index (χ1v) is 11.6. The molecular formula is C24H24F3N5O5. The van der Waals surface area contributed by atoms with E-state index in [9.17, 15) is 23.4 Å². The molecule has 0 aliphatic carbocycles. The van der Waals surface area contributed by atoms with Crippen LogP contribution in [0, 0.1) is 17.5 Å². The average molecular weight is 519 g/mol. The lowest BCUT2D eigenvalue weighted by atomic mass is 9.89. The van der Waals surface area contributed by atoms with Gasteiger partial charge in [-0.05, 0) is 24.3 Å². The average Bonchev–Trinajstić information content (AvgIpc) is 3.58. The van der Waals surface area contributed by atoms with Gasteiger partial charge in [0.1, 0.15) is 36.2 Å². The Morgan fingerprint density at radius 2 is 1.84 bits per heavy atom. The highest BCUT2D eigenvalue weighted by Gasteiger charge is 2.48. The molecule has 0 radical (unpaired) electrons. The number of rotatable bonds is 7. The van der Waals surface area contributed by atoms with Gasteiger partial charge in [-0.1, -0.05) is 10.4 Å². The predicted molar refractivity (Wildman–Crippen MR) is 122 cm³/mol. The van der Waals surface area contributed by atoms with Gasteiger partial charge in [0.2, 0.25) is 0 Å². The number of hydrogen-bond acceptors (Lipinski definition) is 9. The molecule has 0 bridgehead atoms. The number of methoxy groups -OCH3 is 1. The Bertz CT molecular complexity index is 1250. The van der Waals surface area contributed by atoms with E-state index in [0.717, 1.165) is 23.4 Å². The van der Waals surface area contributed by atoms with E-state index in [1.807, 2.05) is 12.1 Å². The summed E-state index contributed by atoms with van der Waals surface area (Å²) in [5.41, 5.74) is 1.66. The van der Waals surface area contributed by atoms with Crippen molar-refractivity contribution in [3.63, 3.8) is 0 Å². The Morgan fingerprint density at radius 1 is 1.11 bits per heavy atom. The lowest BCUT2D eigenvalue weighted by molar-refractivity contribution is -0.219. The standard InChI is InChI=1S/C24H24F3N5O5/c1-35-24-19(9-14-8-17(30-37-14)12-2-4-28-5-3-12)36-20(11-33)23(34)22(24)32-10-18(29-31-32)13-6-15(25)21(27)16(26)7-13/h2-7,10,14,19-20,22-24,33-34H,8-9,11H2,1H3/t14?,19-,20-,22+,23+,24+/m1/s1. The largest absolute Gasteiger partial charge is 0.394 e. The summed E-state index contributed by atoms with van der Waals surface area (Å²) in [5.74, 6) is -4.32. The molecule has 3 aromatic rings. The van der Waals surface area contributed by atoms with E-state index in [1.165, 1.54) is 18.0 Å². The Morgan fingerprint density at radius 3 is 2.51 bits per heavy atom. The number of aliphatic hydroxyl groups is 2. The van der Waals surface area contributed by atoms with Gasteiger partial charge in [0.25, 0.3) is 0 Å². The van der Waals surface area contributed by atoms with Gasteiger partial charge in [0.05, 0.1) is 24.6 Å². The number of ether oxygens (including phenoxy) is 2. The fourth-order valence-corrected chi connectivity index (χ4v) is 4.74. The van der Waals surface area contributed by atoms with Gasteiger partial charge in [-0.15, -0.1) is 5.10 Å². The van der Waals surface area contributed by atoms with Crippen LogP contribution >= 0.6 is 0 Å². The molecule has 4 heterocycles. The first-order valence-electron chi connectivity index (χ1n) is 11.6. The van der Waals surface area contributed by atoms with Crippen molar-refractivity contribution in [3.05, 3.63) is 65.9 Å². The summed E-state index contributed by atoms with van der Waals surface area (Å²) in [6, 6.07) is 4.39. The number of nitrogens with zero attached hydrogens (tertiary/aromatic N) is 5. The zero-order valence-electron chi connectivity index (χ0n) is 19.6. The van der Waals surface area contributed by atoms with Crippen LogP contribution < -0.4 is 0 Å². The molecule has 5 rings (SSSR count). The smallest absolute Gasteiger partial charge is 0.194 e. The molecule has 0 amide bonds. The van der Waals surface area contributed by atoms with Crippen molar-refractivity contribution in [2.24, 2.45) is 5.16 Å². The summed E-state index contributed by atoms with van der Waals surface area (Å²) >= 11 is 0. The SMILES string of the molecule is CO[C@@H]1[C@@H](n2cc(-c3cc(F)c(F)c(F)c3)nn2)[C@@H](O)[C@@H](CO)O[C@@H]1CC1CC(c2ccncc2)=NO1. The first-order chi connectivity index (χ1) is 17.9. The summed E-state index contributed by atoms with van der Waals surface area (Å²) in [6.07, 6.45) is 1.54. The maximum Gasteiger partial charge on any atom is 0.194 e. The molecule has 1 unspecified atom stereocenters. The molecule has 196 valence electrons. The fourth-order valence-electron chi connectivity index (χ4n) is 4.74. The molecule has 0 spiro atoms. The van der Waals surface area contributed by atoms with Crippen LogP contribution in [0.4, 0.5) is 13.2 Å². The molecular weight excluding hydrogens is 495 g/mol. The second-order valence-corrected chi connectivity index (χ2v) is 8.86. The van der Waals surface area contributed by atoms with Crippen molar-refractivity contribution in [1.82, 2.24) is 20.0 Å². The molecule has 13 heteroatoms. The zero-order chi connectivity index (χ0) is 26.1. The summed E-state index contributed by atoms with van der Waals surface area (Å²) in [6.45, 7) is -0.481. The zero-order valence-corrected chi connectivity index (χ0v) is 19.6. The van der Waals surface area contributed by atoms with Crippen LogP contribution in [-0.4, -0.2) is 80.1 Å². The summed E-state index contributed by atoms with van der Waals surface area (Å²) in [7, 11) is 1.44. The van der Waals surface area contributed by atoms with Crippen LogP contribution in [0.5, 0.6) is 0 Å². The van der Waals surface area contributed by atoms with Crippen molar-refractivity contribution in [3.8, 4) is 11.3 Å². The van der Waals surface area contributed by atoms with E-state index in [1.54, 1.807) is 12.4 Å². The molecule has 2 N–H and O–H groups in total. The van der Waals surface area contributed by atoms with Gasteiger partial charge >= 0.3 is 0 Å². The Kier molecular flexibility index (Phi) is 7.20. The summed E-state index contributed by atoms with van der Waals surface area (Å²) < 4.78 is 53.8.